The lowest BCUT2D eigenvalue weighted by Crippen LogP contribution is -2.26. The summed E-state index contributed by atoms with van der Waals surface area (Å²) in [6.45, 7) is 0.890. The van der Waals surface area contributed by atoms with Crippen LogP contribution in [-0.4, -0.2) is 18.2 Å². The Balaban J connectivity index is 2.36. The van der Waals surface area contributed by atoms with E-state index in [2.05, 4.69) is 20.9 Å². The van der Waals surface area contributed by atoms with Gasteiger partial charge in [0.2, 0.25) is 0 Å². The third kappa shape index (κ3) is 2.31. The van der Waals surface area contributed by atoms with Gasteiger partial charge in [-0.3, -0.25) is 0 Å². The minimum atomic E-state index is -4.40. The van der Waals surface area contributed by atoms with E-state index >= 15 is 0 Å². The Bertz CT molecular complexity index is 376. The van der Waals surface area contributed by atoms with Gasteiger partial charge in [-0.25, -0.2) is 4.98 Å². The normalized spacial score (nSPS) is 17.6. The smallest absolute Gasteiger partial charge is 0.380 e. The molecular weight excluding hydrogens is 275 g/mol. The first-order valence-electron chi connectivity index (χ1n) is 4.29. The average Bonchev–Trinajstić information content (AvgIpc) is 1.97. The molecule has 6 heteroatoms. The van der Waals surface area contributed by atoms with Crippen molar-refractivity contribution >= 4 is 15.9 Å². The molecule has 1 fully saturated rings. The quantitative estimate of drug-likeness (QED) is 0.790. The molecule has 2 nitrogen and oxygen atoms in total. The van der Waals surface area contributed by atoms with Gasteiger partial charge in [0, 0.05) is 16.1 Å². The third-order valence-electron chi connectivity index (χ3n) is 2.16. The Morgan fingerprint density at radius 3 is 2.47 bits per heavy atom. The molecule has 2 heterocycles. The molecule has 0 bridgehead atoms. The van der Waals surface area contributed by atoms with Gasteiger partial charge < -0.3 is 4.74 Å². The van der Waals surface area contributed by atoms with Crippen LogP contribution in [0.25, 0.3) is 0 Å². The van der Waals surface area contributed by atoms with Crippen LogP contribution in [-0.2, 0) is 10.9 Å². The maximum absolute atomic E-state index is 12.4. The number of nitrogens with zero attached hydrogens (tertiary/aromatic N) is 1. The number of hydrogen-bond acceptors (Lipinski definition) is 2. The maximum Gasteiger partial charge on any atom is 0.433 e. The topological polar surface area (TPSA) is 22.1 Å². The Morgan fingerprint density at radius 1 is 1.33 bits per heavy atom. The Hall–Kier alpha value is -0.620. The molecule has 0 spiro atoms. The van der Waals surface area contributed by atoms with E-state index in [1.807, 2.05) is 0 Å². The summed E-state index contributed by atoms with van der Waals surface area (Å²) in [5, 5.41) is 0. The highest BCUT2D eigenvalue weighted by Crippen LogP contribution is 2.32. The van der Waals surface area contributed by atoms with Crippen LogP contribution in [0.4, 0.5) is 13.2 Å². The number of rotatable bonds is 1. The van der Waals surface area contributed by atoms with Gasteiger partial charge >= 0.3 is 6.18 Å². The molecule has 0 unspecified atom stereocenters. The van der Waals surface area contributed by atoms with Gasteiger partial charge in [0.15, 0.2) is 0 Å². The zero-order valence-electron chi connectivity index (χ0n) is 7.51. The third-order valence-corrected chi connectivity index (χ3v) is 2.61. The van der Waals surface area contributed by atoms with E-state index in [1.54, 1.807) is 6.07 Å². The molecular formula is C9H7BrF3NO. The predicted octanol–water partition coefficient (Wildman–Crippen LogP) is 2.98. The second kappa shape index (κ2) is 3.75. The molecule has 0 saturated carbocycles. The molecule has 1 aliphatic heterocycles. The number of pyridine rings is 1. The fourth-order valence-corrected chi connectivity index (χ4v) is 1.73. The number of halogens is 4. The molecule has 0 radical (unpaired) electrons. The number of aromatic nitrogens is 1. The Morgan fingerprint density at radius 2 is 2.00 bits per heavy atom. The predicted molar refractivity (Wildman–Crippen MR) is 50.5 cm³/mol. The van der Waals surface area contributed by atoms with Crippen LogP contribution in [0.3, 0.4) is 0 Å². The average molecular weight is 282 g/mol. The van der Waals surface area contributed by atoms with Gasteiger partial charge in [-0.1, -0.05) is 15.9 Å². The van der Waals surface area contributed by atoms with E-state index in [0.29, 0.717) is 23.4 Å². The molecule has 0 aromatic carbocycles. The lowest BCUT2D eigenvalue weighted by atomic mass is 10.0. The van der Waals surface area contributed by atoms with Crippen molar-refractivity contribution in [1.82, 2.24) is 4.98 Å². The highest BCUT2D eigenvalue weighted by atomic mass is 79.9. The van der Waals surface area contributed by atoms with Crippen LogP contribution in [0.1, 0.15) is 17.3 Å². The van der Waals surface area contributed by atoms with Gasteiger partial charge in [0.05, 0.1) is 13.2 Å². The summed E-state index contributed by atoms with van der Waals surface area (Å²) < 4.78 is 42.6. The highest BCUT2D eigenvalue weighted by Gasteiger charge is 2.34. The lowest BCUT2D eigenvalue weighted by molar-refractivity contribution is -0.141. The molecule has 1 aromatic rings. The van der Waals surface area contributed by atoms with E-state index in [1.165, 1.54) is 0 Å². The molecule has 1 aliphatic rings. The minimum Gasteiger partial charge on any atom is -0.380 e. The van der Waals surface area contributed by atoms with Crippen LogP contribution < -0.4 is 0 Å². The van der Waals surface area contributed by atoms with Gasteiger partial charge in [0.25, 0.3) is 0 Å². The van der Waals surface area contributed by atoms with Crippen LogP contribution in [0.5, 0.6) is 0 Å². The molecule has 0 amide bonds. The minimum absolute atomic E-state index is 0.0106. The number of hydrogen-bond donors (Lipinski definition) is 0. The summed E-state index contributed by atoms with van der Waals surface area (Å²) in [6.07, 6.45) is -4.40. The number of alkyl halides is 3. The fraction of sp³-hybridized carbons (Fsp3) is 0.444. The Kier molecular flexibility index (Phi) is 2.72. The van der Waals surface area contributed by atoms with E-state index in [-0.39, 0.29) is 5.92 Å². The van der Waals surface area contributed by atoms with Crippen molar-refractivity contribution in [3.05, 3.63) is 28.0 Å². The van der Waals surface area contributed by atoms with Crippen molar-refractivity contribution in [2.24, 2.45) is 0 Å². The Labute approximate surface area is 92.6 Å². The molecule has 0 atom stereocenters. The van der Waals surface area contributed by atoms with Crippen molar-refractivity contribution < 1.29 is 17.9 Å². The van der Waals surface area contributed by atoms with Crippen LogP contribution >= 0.6 is 15.9 Å². The number of ether oxygens (including phenoxy) is 1. The van der Waals surface area contributed by atoms with E-state index in [0.717, 1.165) is 6.07 Å². The van der Waals surface area contributed by atoms with Crippen LogP contribution in [0.15, 0.2) is 16.6 Å². The highest BCUT2D eigenvalue weighted by molar-refractivity contribution is 9.10. The molecule has 2 rings (SSSR count). The van der Waals surface area contributed by atoms with Crippen LogP contribution in [0, 0.1) is 0 Å². The van der Waals surface area contributed by atoms with Gasteiger partial charge in [-0.15, -0.1) is 0 Å². The zero-order valence-corrected chi connectivity index (χ0v) is 9.10. The summed E-state index contributed by atoms with van der Waals surface area (Å²) in [5.41, 5.74) is -0.429. The molecule has 15 heavy (non-hydrogen) atoms. The summed E-state index contributed by atoms with van der Waals surface area (Å²) in [4.78, 5) is 3.59. The first kappa shape index (κ1) is 10.9. The molecule has 1 saturated heterocycles. The van der Waals surface area contributed by atoms with Crippen molar-refractivity contribution in [3.63, 3.8) is 0 Å². The van der Waals surface area contributed by atoms with Crippen molar-refractivity contribution in [2.45, 2.75) is 12.1 Å². The second-order valence-corrected chi connectivity index (χ2v) is 4.24. The van der Waals surface area contributed by atoms with Gasteiger partial charge in [-0.05, 0) is 12.1 Å². The molecule has 1 aromatic heterocycles. The standard InChI is InChI=1S/C9H7BrF3NO/c10-6-1-7(5-3-15-4-5)14-8(2-6)9(11,12)13/h1-2,5H,3-4H2. The maximum atomic E-state index is 12.4. The summed E-state index contributed by atoms with van der Waals surface area (Å²) in [6, 6.07) is 2.57. The largest absolute Gasteiger partial charge is 0.433 e. The molecule has 82 valence electrons. The first-order valence-corrected chi connectivity index (χ1v) is 5.08. The summed E-state index contributed by atoms with van der Waals surface area (Å²) >= 11 is 3.05. The van der Waals surface area contributed by atoms with Crippen LogP contribution in [0.2, 0.25) is 0 Å². The van der Waals surface area contributed by atoms with Gasteiger partial charge in [-0.2, -0.15) is 13.2 Å². The lowest BCUT2D eigenvalue weighted by Gasteiger charge is -2.26. The van der Waals surface area contributed by atoms with Crippen molar-refractivity contribution in [2.75, 3.05) is 13.2 Å². The zero-order chi connectivity index (χ0) is 11.1. The van der Waals surface area contributed by atoms with Crippen molar-refractivity contribution in [1.29, 1.82) is 0 Å². The monoisotopic (exact) mass is 281 g/mol. The summed E-state index contributed by atoms with van der Waals surface area (Å²) in [7, 11) is 0. The van der Waals surface area contributed by atoms with E-state index < -0.39 is 11.9 Å². The molecule has 0 N–H and O–H groups in total. The fourth-order valence-electron chi connectivity index (χ4n) is 1.28. The first-order chi connectivity index (χ1) is 6.97. The second-order valence-electron chi connectivity index (χ2n) is 3.33. The van der Waals surface area contributed by atoms with Gasteiger partial charge in [0.1, 0.15) is 5.69 Å². The molecule has 0 aliphatic carbocycles. The van der Waals surface area contributed by atoms with E-state index in [9.17, 15) is 13.2 Å². The van der Waals surface area contributed by atoms with E-state index in [4.69, 9.17) is 4.74 Å². The van der Waals surface area contributed by atoms with Crippen molar-refractivity contribution in [3.8, 4) is 0 Å². The summed E-state index contributed by atoms with van der Waals surface area (Å²) in [5.74, 6) is -0.0106. The SMILES string of the molecule is FC(F)(F)c1cc(Br)cc(C2COC2)n1.